The lowest BCUT2D eigenvalue weighted by Crippen LogP contribution is -1.99. The number of rotatable bonds is 4. The first kappa shape index (κ1) is 15.6. The highest BCUT2D eigenvalue weighted by molar-refractivity contribution is 9.10. The zero-order chi connectivity index (χ0) is 14.7. The van der Waals surface area contributed by atoms with Crippen molar-refractivity contribution in [1.29, 1.82) is 0 Å². The topological polar surface area (TPSA) is 0 Å². The van der Waals surface area contributed by atoms with Crippen molar-refractivity contribution in [2.75, 3.05) is 0 Å². The van der Waals surface area contributed by atoms with Gasteiger partial charge in [0, 0.05) is 4.47 Å². The van der Waals surface area contributed by atoms with Crippen LogP contribution in [-0.4, -0.2) is 0 Å². The first-order valence-corrected chi connectivity index (χ1v) is 8.31. The summed E-state index contributed by atoms with van der Waals surface area (Å²) >= 11 is 10.3. The minimum absolute atomic E-state index is 0.110. The molecule has 2 rings (SSSR count). The van der Waals surface area contributed by atoms with E-state index in [0.29, 0.717) is 0 Å². The van der Waals surface area contributed by atoms with Crippen LogP contribution in [0.1, 0.15) is 47.0 Å². The molecule has 2 heteroatoms. The number of alkyl halides is 1. The average Bonchev–Trinajstić information content (AvgIpc) is 2.45. The van der Waals surface area contributed by atoms with Gasteiger partial charge in [-0.05, 0) is 53.6 Å². The molecule has 0 heterocycles. The Balaban J connectivity index is 2.40. The van der Waals surface area contributed by atoms with E-state index >= 15 is 0 Å². The van der Waals surface area contributed by atoms with Crippen LogP contribution >= 0.6 is 27.5 Å². The smallest absolute Gasteiger partial charge is 0.0846 e. The van der Waals surface area contributed by atoms with Crippen LogP contribution in [0, 0.1) is 6.92 Å². The number of hydrogen-bond donors (Lipinski definition) is 0. The molecule has 0 saturated heterocycles. The van der Waals surface area contributed by atoms with E-state index in [1.807, 2.05) is 0 Å². The van der Waals surface area contributed by atoms with Gasteiger partial charge in [0.05, 0.1) is 5.38 Å². The van der Waals surface area contributed by atoms with E-state index in [2.05, 4.69) is 73.1 Å². The molecule has 2 aromatic rings. The fourth-order valence-corrected chi connectivity index (χ4v) is 3.67. The SMILES string of the molecule is CCc1ccc(C(Cl)c2ccc(C)cc2Br)cc1CC. The lowest BCUT2D eigenvalue weighted by Gasteiger charge is -2.15. The van der Waals surface area contributed by atoms with Gasteiger partial charge in [-0.25, -0.2) is 0 Å². The molecule has 0 radical (unpaired) electrons. The third kappa shape index (κ3) is 3.27. The van der Waals surface area contributed by atoms with Crippen LogP contribution in [0.2, 0.25) is 0 Å². The van der Waals surface area contributed by atoms with Gasteiger partial charge in [-0.1, -0.05) is 60.1 Å². The van der Waals surface area contributed by atoms with Crippen molar-refractivity contribution >= 4 is 27.5 Å². The third-order valence-electron chi connectivity index (χ3n) is 3.71. The highest BCUT2D eigenvalue weighted by atomic mass is 79.9. The van der Waals surface area contributed by atoms with Gasteiger partial charge in [-0.3, -0.25) is 0 Å². The predicted octanol–water partition coefficient (Wildman–Crippen LogP) is 6.21. The first-order chi connectivity index (χ1) is 9.56. The van der Waals surface area contributed by atoms with Gasteiger partial charge in [0.2, 0.25) is 0 Å². The van der Waals surface area contributed by atoms with Gasteiger partial charge in [0.25, 0.3) is 0 Å². The van der Waals surface area contributed by atoms with Crippen LogP contribution in [0.15, 0.2) is 40.9 Å². The Kier molecular flexibility index (Phi) is 5.29. The Morgan fingerprint density at radius 2 is 1.70 bits per heavy atom. The number of hydrogen-bond acceptors (Lipinski definition) is 0. The molecular formula is C18H20BrCl. The van der Waals surface area contributed by atoms with Gasteiger partial charge in [0.1, 0.15) is 0 Å². The second-order valence-electron chi connectivity index (χ2n) is 5.12. The Morgan fingerprint density at radius 3 is 2.30 bits per heavy atom. The number of halogens is 2. The molecule has 0 N–H and O–H groups in total. The van der Waals surface area contributed by atoms with Gasteiger partial charge >= 0.3 is 0 Å². The van der Waals surface area contributed by atoms with E-state index in [0.717, 1.165) is 22.9 Å². The van der Waals surface area contributed by atoms with E-state index in [9.17, 15) is 0 Å². The van der Waals surface area contributed by atoms with Gasteiger partial charge in [-0.15, -0.1) is 11.6 Å². The molecule has 0 spiro atoms. The molecule has 0 aromatic heterocycles. The largest absolute Gasteiger partial charge is 0.113 e. The molecule has 0 fully saturated rings. The van der Waals surface area contributed by atoms with Crippen LogP contribution in [-0.2, 0) is 12.8 Å². The van der Waals surface area contributed by atoms with Crippen molar-refractivity contribution in [2.24, 2.45) is 0 Å². The van der Waals surface area contributed by atoms with E-state index in [1.54, 1.807) is 0 Å². The summed E-state index contributed by atoms with van der Waals surface area (Å²) in [4.78, 5) is 0. The molecule has 0 aliphatic heterocycles. The molecule has 0 amide bonds. The molecule has 0 aliphatic carbocycles. The quantitative estimate of drug-likeness (QED) is 0.574. The third-order valence-corrected chi connectivity index (χ3v) is 4.89. The first-order valence-electron chi connectivity index (χ1n) is 7.08. The number of benzene rings is 2. The van der Waals surface area contributed by atoms with Crippen LogP contribution in [0.4, 0.5) is 0 Å². The fraction of sp³-hybridized carbons (Fsp3) is 0.333. The van der Waals surface area contributed by atoms with Gasteiger partial charge in [0.15, 0.2) is 0 Å². The van der Waals surface area contributed by atoms with Crippen LogP contribution in [0.25, 0.3) is 0 Å². The van der Waals surface area contributed by atoms with E-state index in [1.165, 1.54) is 22.3 Å². The standard InChI is InChI=1S/C18H20BrCl/c1-4-13-7-8-15(11-14(13)5-2)18(20)16-9-6-12(3)10-17(16)19/h6-11,18H,4-5H2,1-3H3. The minimum Gasteiger partial charge on any atom is -0.113 e. The molecule has 20 heavy (non-hydrogen) atoms. The highest BCUT2D eigenvalue weighted by Crippen LogP contribution is 2.35. The van der Waals surface area contributed by atoms with Crippen molar-refractivity contribution in [1.82, 2.24) is 0 Å². The second-order valence-corrected chi connectivity index (χ2v) is 6.41. The molecule has 106 valence electrons. The molecule has 1 atom stereocenters. The van der Waals surface area contributed by atoms with Crippen molar-refractivity contribution in [3.05, 3.63) is 68.7 Å². The zero-order valence-electron chi connectivity index (χ0n) is 12.2. The van der Waals surface area contributed by atoms with Gasteiger partial charge < -0.3 is 0 Å². The van der Waals surface area contributed by atoms with Crippen LogP contribution < -0.4 is 0 Å². The molecule has 0 saturated carbocycles. The van der Waals surface area contributed by atoms with Crippen LogP contribution in [0.5, 0.6) is 0 Å². The van der Waals surface area contributed by atoms with Crippen molar-refractivity contribution in [3.63, 3.8) is 0 Å². The summed E-state index contributed by atoms with van der Waals surface area (Å²) in [5, 5.41) is -0.110. The Labute approximate surface area is 135 Å². The lowest BCUT2D eigenvalue weighted by atomic mass is 9.96. The summed E-state index contributed by atoms with van der Waals surface area (Å²) in [6.45, 7) is 6.48. The van der Waals surface area contributed by atoms with Crippen molar-refractivity contribution in [3.8, 4) is 0 Å². The maximum Gasteiger partial charge on any atom is 0.0846 e. The molecule has 0 bridgehead atoms. The second kappa shape index (κ2) is 6.78. The van der Waals surface area contributed by atoms with E-state index in [-0.39, 0.29) is 5.38 Å². The zero-order valence-corrected chi connectivity index (χ0v) is 14.6. The Bertz CT molecular complexity index is 604. The summed E-state index contributed by atoms with van der Waals surface area (Å²) in [5.74, 6) is 0. The average molecular weight is 352 g/mol. The number of aryl methyl sites for hydroxylation is 3. The fourth-order valence-electron chi connectivity index (χ4n) is 2.49. The van der Waals surface area contributed by atoms with E-state index in [4.69, 9.17) is 11.6 Å². The Morgan fingerprint density at radius 1 is 1.00 bits per heavy atom. The monoisotopic (exact) mass is 350 g/mol. The van der Waals surface area contributed by atoms with Crippen molar-refractivity contribution < 1.29 is 0 Å². The highest BCUT2D eigenvalue weighted by Gasteiger charge is 2.15. The normalized spacial score (nSPS) is 12.4. The summed E-state index contributed by atoms with van der Waals surface area (Å²) in [7, 11) is 0. The summed E-state index contributed by atoms with van der Waals surface area (Å²) in [5.41, 5.74) is 6.36. The molecular weight excluding hydrogens is 332 g/mol. The summed E-state index contributed by atoms with van der Waals surface area (Å²) < 4.78 is 1.08. The molecule has 0 nitrogen and oxygen atoms in total. The van der Waals surface area contributed by atoms with E-state index < -0.39 is 0 Å². The maximum atomic E-state index is 6.68. The molecule has 2 aromatic carbocycles. The Hall–Kier alpha value is -0.790. The van der Waals surface area contributed by atoms with Gasteiger partial charge in [-0.2, -0.15) is 0 Å². The maximum absolute atomic E-state index is 6.68. The summed E-state index contributed by atoms with van der Waals surface area (Å²) in [6, 6.07) is 13.0. The predicted molar refractivity (Wildman–Crippen MR) is 91.8 cm³/mol. The molecule has 1 unspecified atom stereocenters. The minimum atomic E-state index is -0.110. The van der Waals surface area contributed by atoms with Crippen LogP contribution in [0.3, 0.4) is 0 Å². The summed E-state index contributed by atoms with van der Waals surface area (Å²) in [6.07, 6.45) is 2.13. The molecule has 0 aliphatic rings. The lowest BCUT2D eigenvalue weighted by molar-refractivity contribution is 1.01. The van der Waals surface area contributed by atoms with Crippen molar-refractivity contribution in [2.45, 2.75) is 39.0 Å².